The minimum atomic E-state index is -4.90. The van der Waals surface area contributed by atoms with Crippen molar-refractivity contribution in [2.24, 2.45) is 0 Å². The molecule has 0 unspecified atom stereocenters. The number of halogens is 4. The summed E-state index contributed by atoms with van der Waals surface area (Å²) in [5.74, 6) is 0. The molecule has 20 heteroatoms. The van der Waals surface area contributed by atoms with Crippen LogP contribution in [0.15, 0.2) is 219 Å². The maximum atomic E-state index is 12.7. The SMILES string of the molecule is Cc1cccc(S(O[Cl+3]([O-])([O-])[O-])(c2ccc(Sc3ccc(I(O[Cl+3]([O-])([O-])[O-])c4ccc(Sc5ccc(S(O[Cl+3]([O-])([O-])[O-])(c6cccc(C)c6C)c6cccc(C)c6C)cc5)cc4)cc3)cc2)c2cccc(C)c2C)c1C. The van der Waals surface area contributed by atoms with Crippen LogP contribution < -0.4 is 41.9 Å². The van der Waals surface area contributed by atoms with Gasteiger partial charge in [0.2, 0.25) is 0 Å². The number of hydrogen-bond donors (Lipinski definition) is 0. The van der Waals surface area contributed by atoms with Crippen LogP contribution in [0.2, 0.25) is 0 Å². The fourth-order valence-electron chi connectivity index (χ4n) is 8.50. The molecule has 76 heavy (non-hydrogen) atoms. The second-order valence-electron chi connectivity index (χ2n) is 17.5. The monoisotopic (exact) mass is 1280 g/mol. The predicted molar refractivity (Wildman–Crippen MR) is 277 cm³/mol. The molecule has 0 heterocycles. The molecule has 0 bridgehead atoms. The van der Waals surface area contributed by atoms with Crippen LogP contribution in [-0.4, -0.2) is 0 Å². The van der Waals surface area contributed by atoms with E-state index in [1.807, 2.05) is 128 Å². The summed E-state index contributed by atoms with van der Waals surface area (Å²) >= 11 is -0.582. The molecular formula is C56H52Cl3IO12S4. The standard InChI is InChI=1S/C56H52Cl3IO12S4/c1-37-13-9-17-53(41(37)5)75(71-58(64,65)66,54-18-10-14-38(2)42(54)6)51-33-29-49(30-34-51)73-47-25-21-45(22-26-47)60(70-57(61,62)63)46-23-27-48(28-24-46)74-50-31-35-52(36-32-50)76(72-59(67,68)69,55-19-11-15-39(3)43(55)7)56-20-12-16-40(4)44(56)8/h9-36H,1-8H3. The summed E-state index contributed by atoms with van der Waals surface area (Å²) in [7, 11) is -20.9. The smallest absolute Gasteiger partial charge is 0.0608 e. The zero-order valence-electron chi connectivity index (χ0n) is 42.2. The van der Waals surface area contributed by atoms with Gasteiger partial charge in [-0.15, -0.1) is 0 Å². The first-order valence-electron chi connectivity index (χ1n) is 23.0. The normalized spacial score (nSPS) is 13.2. The average Bonchev–Trinajstić information content (AvgIpc) is 3.43. The zero-order valence-corrected chi connectivity index (χ0v) is 49.9. The van der Waals surface area contributed by atoms with Gasteiger partial charge in [0.1, 0.15) is 0 Å². The summed E-state index contributed by atoms with van der Waals surface area (Å²) < 4.78 is 131. The summed E-state index contributed by atoms with van der Waals surface area (Å²) in [6.45, 7) is 15.2. The van der Waals surface area contributed by atoms with Crippen LogP contribution in [-0.2, 0) is 10.1 Å². The van der Waals surface area contributed by atoms with Crippen LogP contribution in [0.4, 0.5) is 0 Å². The summed E-state index contributed by atoms with van der Waals surface area (Å²) in [5.41, 5.74) is 6.78. The van der Waals surface area contributed by atoms with Crippen LogP contribution >= 0.6 is 64.4 Å². The third-order valence-electron chi connectivity index (χ3n) is 12.7. The number of rotatable bonds is 18. The van der Waals surface area contributed by atoms with Crippen LogP contribution in [0.1, 0.15) is 44.5 Å². The van der Waals surface area contributed by atoms with Gasteiger partial charge in [-0.1, -0.05) is 48.5 Å². The molecule has 0 spiro atoms. The van der Waals surface area contributed by atoms with Crippen LogP contribution in [0.25, 0.3) is 0 Å². The van der Waals surface area contributed by atoms with E-state index >= 15 is 0 Å². The van der Waals surface area contributed by atoms with Gasteiger partial charge in [0.25, 0.3) is 0 Å². The molecule has 0 aliphatic carbocycles. The average molecular weight is 1280 g/mol. The molecule has 0 fully saturated rings. The molecule has 0 atom stereocenters. The molecular weight excluding hydrogens is 1230 g/mol. The van der Waals surface area contributed by atoms with Gasteiger partial charge in [-0.3, -0.25) is 0 Å². The van der Waals surface area contributed by atoms with Crippen molar-refractivity contribution in [1.82, 2.24) is 0 Å². The van der Waals surface area contributed by atoms with E-state index in [9.17, 15) is 41.9 Å². The van der Waals surface area contributed by atoms with E-state index in [2.05, 4.69) is 0 Å². The second kappa shape index (κ2) is 23.5. The van der Waals surface area contributed by atoms with Crippen molar-refractivity contribution >= 4 is 64.4 Å². The fourth-order valence-corrected chi connectivity index (χ4v) is 25.0. The van der Waals surface area contributed by atoms with Crippen LogP contribution in [0.5, 0.6) is 0 Å². The van der Waals surface area contributed by atoms with Crippen molar-refractivity contribution in [2.75, 3.05) is 0 Å². The third-order valence-corrected chi connectivity index (χ3v) is 29.8. The molecule has 8 aromatic carbocycles. The third kappa shape index (κ3) is 13.0. The minimum Gasteiger partial charge on any atom is -0.0608 e. The molecule has 0 aliphatic heterocycles. The Morgan fingerprint density at radius 1 is 0.329 bits per heavy atom. The molecule has 400 valence electrons. The van der Waals surface area contributed by atoms with E-state index in [0.29, 0.717) is 36.5 Å². The Labute approximate surface area is 468 Å². The van der Waals surface area contributed by atoms with Crippen LogP contribution in [0, 0.1) is 93.3 Å². The van der Waals surface area contributed by atoms with E-state index in [0.717, 1.165) is 64.1 Å². The quantitative estimate of drug-likeness (QED) is 0.0783. The van der Waals surface area contributed by atoms with Gasteiger partial charge in [0, 0.05) is 0 Å². The minimum absolute atomic E-state index is 0.500. The first-order valence-corrected chi connectivity index (χ1v) is 34.5. The number of benzene rings is 8. The van der Waals surface area contributed by atoms with E-state index in [1.165, 1.54) is 23.5 Å². The second-order valence-corrected chi connectivity index (χ2v) is 33.0. The summed E-state index contributed by atoms with van der Waals surface area (Å²) in [6.07, 6.45) is 0. The fraction of sp³-hybridized carbons (Fsp3) is 0.143. The molecule has 0 saturated heterocycles. The Kier molecular flexibility index (Phi) is 18.1. The van der Waals surface area contributed by atoms with Crippen molar-refractivity contribution < 1.29 is 82.8 Å². The molecule has 0 amide bonds. The molecule has 0 N–H and O–H groups in total. The first-order chi connectivity index (χ1) is 35.8. The summed E-state index contributed by atoms with van der Waals surface area (Å²) in [6, 6.07) is 50.6. The van der Waals surface area contributed by atoms with Crippen LogP contribution in [0.3, 0.4) is 0 Å². The van der Waals surface area contributed by atoms with Gasteiger partial charge in [-0.25, -0.2) is 0 Å². The first kappa shape index (κ1) is 58.4. The Morgan fingerprint density at radius 3 is 0.816 bits per heavy atom. The topological polar surface area (TPSA) is 235 Å². The van der Waals surface area contributed by atoms with Gasteiger partial charge in [0.05, 0.1) is 0 Å². The van der Waals surface area contributed by atoms with Gasteiger partial charge in [0.15, 0.2) is 0 Å². The van der Waals surface area contributed by atoms with Crippen molar-refractivity contribution in [2.45, 2.75) is 104 Å². The van der Waals surface area contributed by atoms with Crippen molar-refractivity contribution in [3.05, 3.63) is 222 Å². The molecule has 0 aliphatic rings. The zero-order chi connectivity index (χ0) is 55.0. The molecule has 0 radical (unpaired) electrons. The Morgan fingerprint density at radius 2 is 0.579 bits per heavy atom. The molecule has 0 saturated carbocycles. The van der Waals surface area contributed by atoms with Gasteiger partial charge < -0.3 is 0 Å². The van der Waals surface area contributed by atoms with Crippen molar-refractivity contribution in [3.8, 4) is 0 Å². The van der Waals surface area contributed by atoms with Crippen molar-refractivity contribution in [1.29, 1.82) is 0 Å². The van der Waals surface area contributed by atoms with E-state index in [4.69, 9.17) is 10.1 Å². The predicted octanol–water partition coefficient (Wildman–Crippen LogP) is 7.05. The van der Waals surface area contributed by atoms with Crippen molar-refractivity contribution in [3.63, 3.8) is 0 Å². The summed E-state index contributed by atoms with van der Waals surface area (Å²) in [4.78, 5) is 6.43. The Hall–Kier alpha value is -3.72. The Bertz CT molecular complexity index is 3040. The Balaban J connectivity index is 1.05. The van der Waals surface area contributed by atoms with Gasteiger partial charge in [-0.05, 0) is 77.6 Å². The van der Waals surface area contributed by atoms with E-state index in [-0.39, 0.29) is 0 Å². The van der Waals surface area contributed by atoms with Gasteiger partial charge >= 0.3 is 319 Å². The molecule has 12 nitrogen and oxygen atoms in total. The van der Waals surface area contributed by atoms with Gasteiger partial charge in [-0.2, -0.15) is 28.0 Å². The van der Waals surface area contributed by atoms with E-state index < -0.39 is 71.6 Å². The molecule has 0 aromatic heterocycles. The molecule has 8 rings (SSSR count). The summed E-state index contributed by atoms with van der Waals surface area (Å²) in [5, 5.41) is 0. The van der Waals surface area contributed by atoms with E-state index in [1.54, 1.807) is 97.1 Å². The maximum absolute atomic E-state index is 12.7. The molecule has 8 aromatic rings. The number of aryl methyl sites for hydroxylation is 4. The number of hydrogen-bond acceptors (Lipinski definition) is 14.